The van der Waals surface area contributed by atoms with Crippen molar-refractivity contribution < 1.29 is 14.3 Å². The van der Waals surface area contributed by atoms with E-state index in [9.17, 15) is 4.79 Å². The summed E-state index contributed by atoms with van der Waals surface area (Å²) in [7, 11) is 0. The fourth-order valence-corrected chi connectivity index (χ4v) is 3.33. The Morgan fingerprint density at radius 2 is 2.37 bits per heavy atom. The van der Waals surface area contributed by atoms with Gasteiger partial charge in [-0.15, -0.1) is 0 Å². The number of ether oxygens (including phenoxy) is 2. The van der Waals surface area contributed by atoms with Crippen LogP contribution in [0.5, 0.6) is 0 Å². The molecule has 0 saturated carbocycles. The van der Waals surface area contributed by atoms with Gasteiger partial charge in [-0.05, 0) is 40.9 Å². The maximum atomic E-state index is 12.6. The van der Waals surface area contributed by atoms with E-state index in [4.69, 9.17) is 9.47 Å². The number of rotatable bonds is 2. The molecule has 0 N–H and O–H groups in total. The molecule has 2 atom stereocenters. The predicted octanol–water partition coefficient (Wildman–Crippen LogP) is 2.61. The van der Waals surface area contributed by atoms with Crippen molar-refractivity contribution >= 4 is 21.7 Å². The number of halogens is 1. The first-order chi connectivity index (χ1) is 9.20. The Bertz CT molecular complexity index is 485. The zero-order valence-corrected chi connectivity index (χ0v) is 12.2. The van der Waals surface area contributed by atoms with Gasteiger partial charge in [0.15, 0.2) is 5.78 Å². The lowest BCUT2D eigenvalue weighted by Gasteiger charge is -2.36. The fraction of sp³-hybridized carbons (Fsp3) is 0.571. The normalized spacial score (nSPS) is 30.7. The minimum absolute atomic E-state index is 0.0124. The van der Waals surface area contributed by atoms with Crippen LogP contribution in [0.4, 0.5) is 0 Å². The number of pyridine rings is 1. The van der Waals surface area contributed by atoms with Crippen molar-refractivity contribution in [1.82, 2.24) is 4.98 Å². The van der Waals surface area contributed by atoms with E-state index < -0.39 is 0 Å². The summed E-state index contributed by atoms with van der Waals surface area (Å²) in [5, 5.41) is 0. The molecule has 3 rings (SSSR count). The lowest BCUT2D eigenvalue weighted by Crippen LogP contribution is -2.42. The molecule has 2 fully saturated rings. The maximum Gasteiger partial charge on any atom is 0.185 e. The quantitative estimate of drug-likeness (QED) is 0.784. The summed E-state index contributed by atoms with van der Waals surface area (Å²) < 4.78 is 12.1. The molecule has 1 spiro atoms. The smallest absolute Gasteiger partial charge is 0.185 e. The van der Waals surface area contributed by atoms with Crippen molar-refractivity contribution in [3.8, 4) is 0 Å². The van der Waals surface area contributed by atoms with Gasteiger partial charge in [0.2, 0.25) is 0 Å². The molecule has 2 saturated heterocycles. The number of carbonyl (C=O) groups is 1. The first-order valence-corrected chi connectivity index (χ1v) is 7.36. The molecule has 19 heavy (non-hydrogen) atoms. The van der Waals surface area contributed by atoms with Crippen LogP contribution in [0.3, 0.4) is 0 Å². The van der Waals surface area contributed by atoms with E-state index in [0.717, 1.165) is 30.3 Å². The Morgan fingerprint density at radius 1 is 1.47 bits per heavy atom. The van der Waals surface area contributed by atoms with E-state index in [1.165, 1.54) is 0 Å². The molecule has 1 aromatic rings. The van der Waals surface area contributed by atoms with Crippen LogP contribution < -0.4 is 0 Å². The molecule has 102 valence electrons. The predicted molar refractivity (Wildman–Crippen MR) is 73.1 cm³/mol. The first-order valence-electron chi connectivity index (χ1n) is 6.57. The lowest BCUT2D eigenvalue weighted by molar-refractivity contribution is -0.0921. The van der Waals surface area contributed by atoms with Crippen LogP contribution in [-0.4, -0.2) is 36.2 Å². The third-order valence-electron chi connectivity index (χ3n) is 3.92. The van der Waals surface area contributed by atoms with Crippen LogP contribution in [-0.2, 0) is 9.47 Å². The van der Waals surface area contributed by atoms with E-state index >= 15 is 0 Å². The second-order valence-corrected chi connectivity index (χ2v) is 6.08. The number of hydrogen-bond donors (Lipinski definition) is 0. The minimum Gasteiger partial charge on any atom is -0.378 e. The van der Waals surface area contributed by atoms with Gasteiger partial charge in [0, 0.05) is 36.2 Å². The molecule has 0 aliphatic carbocycles. The molecule has 4 nitrogen and oxygen atoms in total. The fourth-order valence-electron chi connectivity index (χ4n) is 2.88. The van der Waals surface area contributed by atoms with Crippen LogP contribution in [0.25, 0.3) is 0 Å². The van der Waals surface area contributed by atoms with Crippen molar-refractivity contribution in [3.05, 3.63) is 28.5 Å². The van der Waals surface area contributed by atoms with Crippen molar-refractivity contribution in [1.29, 1.82) is 0 Å². The number of ketones is 1. The Morgan fingerprint density at radius 3 is 3.11 bits per heavy atom. The summed E-state index contributed by atoms with van der Waals surface area (Å²) in [6.45, 7) is 1.97. The number of carbonyl (C=O) groups excluding carboxylic acids is 1. The summed E-state index contributed by atoms with van der Waals surface area (Å²) in [6.07, 6.45) is 4.06. The third kappa shape index (κ3) is 2.59. The van der Waals surface area contributed by atoms with E-state index in [0.29, 0.717) is 18.9 Å². The number of hydrogen-bond acceptors (Lipinski definition) is 4. The Hall–Kier alpha value is -0.780. The number of nitrogens with zero attached hydrogens (tertiary/aromatic N) is 1. The van der Waals surface area contributed by atoms with Gasteiger partial charge in [-0.1, -0.05) is 0 Å². The van der Waals surface area contributed by atoms with Crippen LogP contribution in [0, 0.1) is 5.92 Å². The largest absolute Gasteiger partial charge is 0.378 e. The summed E-state index contributed by atoms with van der Waals surface area (Å²) in [5.74, 6) is 0.101. The number of Topliss-reactive ketones (excluding diaryl/α,β-unsaturated/α-hetero) is 1. The highest BCUT2D eigenvalue weighted by atomic mass is 79.9. The second-order valence-electron chi connectivity index (χ2n) is 5.22. The van der Waals surface area contributed by atoms with Gasteiger partial charge in [0.05, 0.1) is 12.2 Å². The van der Waals surface area contributed by atoms with Crippen molar-refractivity contribution in [2.24, 2.45) is 5.92 Å². The zero-order chi connectivity index (χ0) is 13.3. The van der Waals surface area contributed by atoms with Crippen LogP contribution in [0.2, 0.25) is 0 Å². The minimum atomic E-state index is -0.236. The van der Waals surface area contributed by atoms with Gasteiger partial charge < -0.3 is 9.47 Å². The molecule has 0 bridgehead atoms. The monoisotopic (exact) mass is 325 g/mol. The highest BCUT2D eigenvalue weighted by Gasteiger charge is 2.43. The van der Waals surface area contributed by atoms with Crippen molar-refractivity contribution in [2.45, 2.75) is 24.9 Å². The summed E-state index contributed by atoms with van der Waals surface area (Å²) >= 11 is 3.40. The van der Waals surface area contributed by atoms with Crippen LogP contribution in [0.1, 0.15) is 29.8 Å². The average molecular weight is 326 g/mol. The molecule has 5 heteroatoms. The molecule has 0 amide bonds. The van der Waals surface area contributed by atoms with Gasteiger partial charge in [-0.3, -0.25) is 9.78 Å². The standard InChI is InChI=1S/C14H16BrNO3/c15-11-2-1-5-16-12(11)13(17)10-3-6-19-14(8-10)4-7-18-9-14/h1-2,5,10H,3-4,6-9H2. The first kappa shape index (κ1) is 13.2. The van der Waals surface area contributed by atoms with E-state index in [-0.39, 0.29) is 17.3 Å². The Balaban J connectivity index is 1.78. The van der Waals surface area contributed by atoms with Crippen molar-refractivity contribution in [2.75, 3.05) is 19.8 Å². The SMILES string of the molecule is O=C(c1ncccc1Br)C1CCOC2(CCOC2)C1. The molecule has 0 aromatic carbocycles. The van der Waals surface area contributed by atoms with Crippen molar-refractivity contribution in [3.63, 3.8) is 0 Å². The zero-order valence-electron chi connectivity index (χ0n) is 10.6. The molecule has 3 heterocycles. The maximum absolute atomic E-state index is 12.6. The van der Waals surface area contributed by atoms with Gasteiger partial charge >= 0.3 is 0 Å². The molecule has 2 unspecified atom stereocenters. The van der Waals surface area contributed by atoms with E-state index in [1.807, 2.05) is 12.1 Å². The average Bonchev–Trinajstić information content (AvgIpc) is 2.86. The molecule has 2 aliphatic heterocycles. The lowest BCUT2D eigenvalue weighted by atomic mass is 9.82. The van der Waals surface area contributed by atoms with Gasteiger partial charge in [-0.25, -0.2) is 0 Å². The van der Waals surface area contributed by atoms with Crippen LogP contribution >= 0.6 is 15.9 Å². The second kappa shape index (κ2) is 5.31. The highest BCUT2D eigenvalue weighted by Crippen LogP contribution is 2.37. The topological polar surface area (TPSA) is 48.4 Å². The number of aromatic nitrogens is 1. The molecule has 2 aliphatic rings. The highest BCUT2D eigenvalue weighted by molar-refractivity contribution is 9.10. The van der Waals surface area contributed by atoms with Gasteiger partial charge in [0.1, 0.15) is 5.69 Å². The van der Waals surface area contributed by atoms with E-state index in [1.54, 1.807) is 6.20 Å². The Labute approximate surface area is 120 Å². The summed E-state index contributed by atoms with van der Waals surface area (Å²) in [4.78, 5) is 16.8. The molecule has 0 radical (unpaired) electrons. The molecular weight excluding hydrogens is 310 g/mol. The van der Waals surface area contributed by atoms with Crippen LogP contribution in [0.15, 0.2) is 22.8 Å². The molecular formula is C14H16BrNO3. The Kier molecular flexibility index (Phi) is 3.69. The van der Waals surface area contributed by atoms with Gasteiger partial charge in [-0.2, -0.15) is 0 Å². The third-order valence-corrected chi connectivity index (χ3v) is 4.56. The van der Waals surface area contributed by atoms with Gasteiger partial charge in [0.25, 0.3) is 0 Å². The summed E-state index contributed by atoms with van der Waals surface area (Å²) in [6, 6.07) is 3.67. The summed E-state index contributed by atoms with van der Waals surface area (Å²) in [5.41, 5.74) is 0.295. The molecule has 1 aromatic heterocycles. The van der Waals surface area contributed by atoms with E-state index in [2.05, 4.69) is 20.9 Å².